The number of aryl methyl sites for hydroxylation is 2. The number of hydrogen-bond acceptors (Lipinski definition) is 2. The summed E-state index contributed by atoms with van der Waals surface area (Å²) >= 11 is 0. The number of fused-ring (bicyclic) bond motifs is 1. The molecule has 28 heavy (non-hydrogen) atoms. The maximum Gasteiger partial charge on any atom is 0.267 e. The van der Waals surface area contributed by atoms with Gasteiger partial charge in [0.2, 0.25) is 0 Å². The average Bonchev–Trinajstić information content (AvgIpc) is 3.12. The van der Waals surface area contributed by atoms with Gasteiger partial charge < -0.3 is 10.3 Å². The van der Waals surface area contributed by atoms with Crippen LogP contribution in [0.4, 0.5) is 0 Å². The summed E-state index contributed by atoms with van der Waals surface area (Å²) in [6.45, 7) is 8.08. The first-order valence-corrected chi connectivity index (χ1v) is 10.2. The van der Waals surface area contributed by atoms with Crippen molar-refractivity contribution in [2.45, 2.75) is 33.2 Å². The molecule has 0 spiro atoms. The van der Waals surface area contributed by atoms with Crippen LogP contribution < -0.4 is 5.32 Å². The second kappa shape index (κ2) is 8.19. The summed E-state index contributed by atoms with van der Waals surface area (Å²) in [5.41, 5.74) is 5.46. The Morgan fingerprint density at radius 2 is 2.00 bits per heavy atom. The lowest BCUT2D eigenvalue weighted by Crippen LogP contribution is -2.40. The summed E-state index contributed by atoms with van der Waals surface area (Å²) < 4.78 is 0. The van der Waals surface area contributed by atoms with Gasteiger partial charge in [0, 0.05) is 30.5 Å². The largest absolute Gasteiger partial charge is 0.351 e. The van der Waals surface area contributed by atoms with Gasteiger partial charge in [-0.2, -0.15) is 0 Å². The third-order valence-electron chi connectivity index (χ3n) is 5.74. The van der Waals surface area contributed by atoms with Crippen LogP contribution in [0, 0.1) is 19.8 Å². The number of carbonyl (C=O) groups is 1. The van der Waals surface area contributed by atoms with E-state index in [1.807, 2.05) is 6.07 Å². The molecule has 1 amide bonds. The van der Waals surface area contributed by atoms with Crippen LogP contribution >= 0.6 is 0 Å². The van der Waals surface area contributed by atoms with Crippen molar-refractivity contribution in [2.75, 3.05) is 19.6 Å². The monoisotopic (exact) mass is 375 g/mol. The summed E-state index contributed by atoms with van der Waals surface area (Å²) in [5.74, 6) is 0.503. The Morgan fingerprint density at radius 1 is 1.18 bits per heavy atom. The first-order chi connectivity index (χ1) is 13.6. The number of rotatable bonds is 5. The van der Waals surface area contributed by atoms with Crippen LogP contribution in [0.5, 0.6) is 0 Å². The normalized spacial score (nSPS) is 17.7. The van der Waals surface area contributed by atoms with Gasteiger partial charge >= 0.3 is 0 Å². The van der Waals surface area contributed by atoms with E-state index in [0.29, 0.717) is 11.6 Å². The number of carbonyl (C=O) groups excluding carboxylic acids is 1. The number of piperidine rings is 1. The lowest BCUT2D eigenvalue weighted by molar-refractivity contribution is 0.0926. The Balaban J connectivity index is 1.35. The highest BCUT2D eigenvalue weighted by Crippen LogP contribution is 2.22. The van der Waals surface area contributed by atoms with Gasteiger partial charge in [0.15, 0.2) is 0 Å². The molecular weight excluding hydrogens is 346 g/mol. The zero-order valence-electron chi connectivity index (χ0n) is 16.8. The lowest BCUT2D eigenvalue weighted by Gasteiger charge is -2.32. The summed E-state index contributed by atoms with van der Waals surface area (Å²) in [7, 11) is 0. The van der Waals surface area contributed by atoms with Crippen LogP contribution in [0.3, 0.4) is 0 Å². The number of H-pyrrole nitrogens is 1. The molecule has 0 radical (unpaired) electrons. The van der Waals surface area contributed by atoms with Crippen molar-refractivity contribution in [2.24, 2.45) is 5.92 Å². The number of nitrogens with zero attached hydrogens (tertiary/aromatic N) is 1. The fourth-order valence-corrected chi connectivity index (χ4v) is 4.36. The molecule has 1 fully saturated rings. The highest BCUT2D eigenvalue weighted by atomic mass is 16.1. The van der Waals surface area contributed by atoms with Crippen molar-refractivity contribution in [3.05, 3.63) is 70.9 Å². The smallest absolute Gasteiger partial charge is 0.267 e. The Kier molecular flexibility index (Phi) is 5.49. The summed E-state index contributed by atoms with van der Waals surface area (Å²) in [4.78, 5) is 18.5. The SMILES string of the molecule is Cc1cc(C)c2cc(C(=O)NCC3CCCN(Cc4ccccc4)C3)[nH]c2c1. The van der Waals surface area contributed by atoms with Gasteiger partial charge in [0.1, 0.15) is 5.69 Å². The van der Waals surface area contributed by atoms with E-state index in [4.69, 9.17) is 0 Å². The van der Waals surface area contributed by atoms with E-state index in [-0.39, 0.29) is 5.91 Å². The van der Waals surface area contributed by atoms with Crippen LogP contribution in [0.1, 0.15) is 40.0 Å². The number of benzene rings is 2. The molecule has 4 rings (SSSR count). The molecule has 2 N–H and O–H groups in total. The molecule has 1 aliphatic rings. The van der Waals surface area contributed by atoms with Crippen molar-refractivity contribution in [1.82, 2.24) is 15.2 Å². The fraction of sp³-hybridized carbons (Fsp3) is 0.375. The molecule has 1 aliphatic heterocycles. The van der Waals surface area contributed by atoms with E-state index < -0.39 is 0 Å². The predicted molar refractivity (Wildman–Crippen MR) is 115 cm³/mol. The van der Waals surface area contributed by atoms with Gasteiger partial charge in [0.25, 0.3) is 5.91 Å². The highest BCUT2D eigenvalue weighted by molar-refractivity contribution is 5.99. The minimum atomic E-state index is -0.00608. The lowest BCUT2D eigenvalue weighted by atomic mass is 9.97. The summed E-state index contributed by atoms with van der Waals surface area (Å²) in [5, 5.41) is 4.28. The molecule has 1 atom stereocenters. The van der Waals surface area contributed by atoms with Crippen molar-refractivity contribution in [3.8, 4) is 0 Å². The molecule has 1 saturated heterocycles. The third kappa shape index (κ3) is 4.28. The van der Waals surface area contributed by atoms with Gasteiger partial charge in [-0.25, -0.2) is 0 Å². The van der Waals surface area contributed by atoms with Crippen LogP contribution in [0.15, 0.2) is 48.5 Å². The maximum atomic E-state index is 12.7. The Bertz CT molecular complexity index is 961. The predicted octanol–water partition coefficient (Wildman–Crippen LogP) is 4.43. The molecule has 0 aliphatic carbocycles. The zero-order valence-corrected chi connectivity index (χ0v) is 16.8. The fourth-order valence-electron chi connectivity index (χ4n) is 4.36. The molecule has 1 aromatic heterocycles. The topological polar surface area (TPSA) is 48.1 Å². The van der Waals surface area contributed by atoms with Crippen molar-refractivity contribution in [3.63, 3.8) is 0 Å². The summed E-state index contributed by atoms with van der Waals surface area (Å²) in [6.07, 6.45) is 2.37. The van der Waals surface area contributed by atoms with Crippen LogP contribution in [-0.4, -0.2) is 35.4 Å². The van der Waals surface area contributed by atoms with Gasteiger partial charge in [-0.1, -0.05) is 36.4 Å². The highest BCUT2D eigenvalue weighted by Gasteiger charge is 2.21. The molecule has 2 heterocycles. The zero-order chi connectivity index (χ0) is 19.5. The van der Waals surface area contributed by atoms with E-state index in [0.717, 1.165) is 37.1 Å². The first kappa shape index (κ1) is 18.8. The van der Waals surface area contributed by atoms with E-state index in [1.54, 1.807) is 0 Å². The molecule has 1 unspecified atom stereocenters. The number of aromatic amines is 1. The quantitative estimate of drug-likeness (QED) is 0.693. The Labute approximate surface area is 166 Å². The molecule has 2 aromatic carbocycles. The van der Waals surface area contributed by atoms with E-state index in [1.165, 1.54) is 29.5 Å². The molecule has 4 heteroatoms. The molecule has 0 saturated carbocycles. The van der Waals surface area contributed by atoms with Crippen LogP contribution in [-0.2, 0) is 6.54 Å². The second-order valence-corrected chi connectivity index (χ2v) is 8.17. The maximum absolute atomic E-state index is 12.7. The van der Waals surface area contributed by atoms with Gasteiger partial charge in [-0.05, 0) is 68.0 Å². The van der Waals surface area contributed by atoms with Gasteiger partial charge in [-0.3, -0.25) is 9.69 Å². The number of amides is 1. The standard InChI is InChI=1S/C24H29N3O/c1-17-11-18(2)21-13-23(26-22(21)12-17)24(28)25-14-20-9-6-10-27(16-20)15-19-7-4-3-5-8-19/h3-5,7-8,11-13,20,26H,6,9-10,14-16H2,1-2H3,(H,25,28). The van der Waals surface area contributed by atoms with Crippen molar-refractivity contribution >= 4 is 16.8 Å². The second-order valence-electron chi connectivity index (χ2n) is 8.17. The molecule has 146 valence electrons. The van der Waals surface area contributed by atoms with Crippen molar-refractivity contribution in [1.29, 1.82) is 0 Å². The Morgan fingerprint density at radius 3 is 2.82 bits per heavy atom. The van der Waals surface area contributed by atoms with Crippen molar-refractivity contribution < 1.29 is 4.79 Å². The molecule has 4 nitrogen and oxygen atoms in total. The molecule has 3 aromatic rings. The number of nitrogens with one attached hydrogen (secondary N) is 2. The Hall–Kier alpha value is -2.59. The first-order valence-electron chi connectivity index (χ1n) is 10.2. The average molecular weight is 376 g/mol. The van der Waals surface area contributed by atoms with Crippen LogP contribution in [0.25, 0.3) is 10.9 Å². The number of aromatic nitrogens is 1. The molecule has 0 bridgehead atoms. The minimum absolute atomic E-state index is 0.00608. The van der Waals surface area contributed by atoms with Crippen LogP contribution in [0.2, 0.25) is 0 Å². The van der Waals surface area contributed by atoms with E-state index in [9.17, 15) is 4.79 Å². The third-order valence-corrected chi connectivity index (χ3v) is 5.74. The van der Waals surface area contributed by atoms with Gasteiger partial charge in [0.05, 0.1) is 0 Å². The van der Waals surface area contributed by atoms with Gasteiger partial charge in [-0.15, -0.1) is 0 Å². The number of likely N-dealkylation sites (tertiary alicyclic amines) is 1. The summed E-state index contributed by atoms with van der Waals surface area (Å²) in [6, 6.07) is 16.9. The van der Waals surface area contributed by atoms with E-state index >= 15 is 0 Å². The molecular formula is C24H29N3O. The number of hydrogen-bond donors (Lipinski definition) is 2. The van der Waals surface area contributed by atoms with E-state index in [2.05, 4.69) is 71.5 Å². The minimum Gasteiger partial charge on any atom is -0.351 e.